The fraction of sp³-hybridized carbons (Fsp3) is 0.400. The number of hydrogen-bond acceptors (Lipinski definition) is 7. The topological polar surface area (TPSA) is 96.4 Å². The minimum Gasteiger partial charge on any atom is -0.508 e. The molecule has 0 spiro atoms. The maximum atomic E-state index is 16.0. The van der Waals surface area contributed by atoms with E-state index in [4.69, 9.17) is 0 Å². The zero-order valence-electron chi connectivity index (χ0n) is 31.4. The van der Waals surface area contributed by atoms with Crippen LogP contribution in [-0.2, 0) is 22.6 Å². The zero-order chi connectivity index (χ0) is 38.5. The van der Waals surface area contributed by atoms with E-state index in [1.54, 1.807) is 30.3 Å². The van der Waals surface area contributed by atoms with E-state index in [9.17, 15) is 23.9 Å². The summed E-state index contributed by atoms with van der Waals surface area (Å²) >= 11 is 0. The number of carbonyl (C=O) groups is 3. The fourth-order valence-electron chi connectivity index (χ4n) is 9.93. The van der Waals surface area contributed by atoms with Gasteiger partial charge in [-0.05, 0) is 115 Å². The number of nitrogens with zero attached hydrogens (tertiary/aromatic N) is 4. The number of halogens is 2. The lowest BCUT2D eigenvalue weighted by molar-refractivity contribution is -0.136. The Morgan fingerprint density at radius 2 is 1.46 bits per heavy atom. The molecule has 2 N–H and O–H groups in total. The Morgan fingerprint density at radius 3 is 2.20 bits per heavy atom. The van der Waals surface area contributed by atoms with Crippen LogP contribution in [-0.4, -0.2) is 84.5 Å². The second kappa shape index (κ2) is 15.0. The molecule has 5 aliphatic rings. The smallest absolute Gasteiger partial charge is 0.255 e. The number of nitrogens with one attached hydrogen (secondary N) is 1. The number of anilines is 2. The van der Waals surface area contributed by atoms with Crippen molar-refractivity contribution in [3.05, 3.63) is 124 Å². The Kier molecular flexibility index (Phi) is 9.73. The van der Waals surface area contributed by atoms with E-state index in [1.807, 2.05) is 18.2 Å². The van der Waals surface area contributed by atoms with E-state index in [1.165, 1.54) is 27.3 Å². The second-order valence-electron chi connectivity index (χ2n) is 16.2. The molecule has 3 atom stereocenters. The van der Waals surface area contributed by atoms with Gasteiger partial charge in [-0.2, -0.15) is 0 Å². The number of phenols is 1. The standard InChI is InChI=1S/C45H47F2N5O4/c46-32-6-1-29(2-7-32)35-11-5-31-25-34(53)10-12-36(31)42(35)30-3-8-33(9-4-30)50-19-17-28(18-20-50)26-49-21-23-51(24-22-49)39-14-13-37-38(43(39)47)27-52(45(37)56)40-15-16-41(54)48-44(40)55/h1-4,6-10,12-14,25,28,35,40,42,53H,5,11,15-24,26-27H2,(H,48,54,55)/t35-,40?,42+/m0/s1. The number of piperazine rings is 1. The first-order chi connectivity index (χ1) is 27.2. The number of piperidine rings is 2. The van der Waals surface area contributed by atoms with Crippen LogP contribution in [0, 0.1) is 17.6 Å². The van der Waals surface area contributed by atoms with Crippen LogP contribution in [0.25, 0.3) is 0 Å². The van der Waals surface area contributed by atoms with Gasteiger partial charge in [-0.1, -0.05) is 30.3 Å². The Balaban J connectivity index is 0.793. The molecular formula is C45H47F2N5O4. The van der Waals surface area contributed by atoms with Gasteiger partial charge in [-0.15, -0.1) is 0 Å². The number of phenolic OH excluding ortho intramolecular Hbond substituents is 1. The Hall–Kier alpha value is -5.29. The lowest BCUT2D eigenvalue weighted by Crippen LogP contribution is -2.52. The molecule has 3 saturated heterocycles. The van der Waals surface area contributed by atoms with E-state index >= 15 is 4.39 Å². The maximum absolute atomic E-state index is 16.0. The SMILES string of the molecule is O=C1CCC(N2Cc3c(ccc(N4CCN(CC5CCN(c6ccc([C@H]7c8ccc(O)cc8CC[C@H]7c7ccc(F)cc7)cc6)CC5)CC4)c3F)C2=O)C(=O)N1. The number of imide groups is 1. The summed E-state index contributed by atoms with van der Waals surface area (Å²) in [7, 11) is 0. The summed E-state index contributed by atoms with van der Waals surface area (Å²) in [5, 5.41) is 12.5. The van der Waals surface area contributed by atoms with Crippen molar-refractivity contribution in [2.45, 2.75) is 62.9 Å². The largest absolute Gasteiger partial charge is 0.508 e. The van der Waals surface area contributed by atoms with E-state index in [0.717, 1.165) is 64.0 Å². The van der Waals surface area contributed by atoms with E-state index in [2.05, 4.69) is 50.3 Å². The van der Waals surface area contributed by atoms with Crippen LogP contribution in [0.3, 0.4) is 0 Å². The van der Waals surface area contributed by atoms with Crippen LogP contribution >= 0.6 is 0 Å². The van der Waals surface area contributed by atoms with E-state index in [-0.39, 0.29) is 54.6 Å². The minimum absolute atomic E-state index is 0.0298. The molecule has 0 bridgehead atoms. The number of amides is 3. The quantitative estimate of drug-likeness (QED) is 0.213. The first-order valence-corrected chi connectivity index (χ1v) is 20.1. The first kappa shape index (κ1) is 36.4. The highest BCUT2D eigenvalue weighted by Gasteiger charge is 2.41. The number of aryl methyl sites for hydroxylation is 1. The molecule has 3 amide bonds. The molecule has 4 aromatic carbocycles. The lowest BCUT2D eigenvalue weighted by atomic mass is 9.69. The van der Waals surface area contributed by atoms with Crippen molar-refractivity contribution in [2.24, 2.45) is 5.92 Å². The van der Waals surface area contributed by atoms with Gasteiger partial charge in [-0.25, -0.2) is 8.78 Å². The highest BCUT2D eigenvalue weighted by atomic mass is 19.1. The van der Waals surface area contributed by atoms with E-state index in [0.29, 0.717) is 35.8 Å². The molecular weight excluding hydrogens is 713 g/mol. The van der Waals surface area contributed by atoms with Gasteiger partial charge in [0.2, 0.25) is 11.8 Å². The number of carbonyl (C=O) groups excluding carboxylic acids is 3. The molecule has 0 radical (unpaired) electrons. The van der Waals surface area contributed by atoms with Crippen LogP contribution in [0.4, 0.5) is 20.2 Å². The van der Waals surface area contributed by atoms with Crippen molar-refractivity contribution in [3.63, 3.8) is 0 Å². The number of aromatic hydroxyl groups is 1. The molecule has 1 unspecified atom stereocenters. The van der Waals surface area contributed by atoms with Crippen molar-refractivity contribution in [3.8, 4) is 5.75 Å². The Labute approximate surface area is 325 Å². The third kappa shape index (κ3) is 6.91. The molecule has 4 heterocycles. The van der Waals surface area contributed by atoms with Crippen LogP contribution < -0.4 is 15.1 Å². The van der Waals surface area contributed by atoms with Crippen molar-refractivity contribution in [2.75, 3.05) is 55.6 Å². The zero-order valence-corrected chi connectivity index (χ0v) is 31.4. The first-order valence-electron chi connectivity index (χ1n) is 20.1. The third-order valence-electron chi connectivity index (χ3n) is 13.0. The molecule has 4 aromatic rings. The third-order valence-corrected chi connectivity index (χ3v) is 13.0. The summed E-state index contributed by atoms with van der Waals surface area (Å²) in [5.41, 5.74) is 7.11. The van der Waals surface area contributed by atoms with Gasteiger partial charge in [0.15, 0.2) is 5.82 Å². The molecule has 9 rings (SSSR count). The predicted molar refractivity (Wildman–Crippen MR) is 210 cm³/mol. The van der Waals surface area contributed by atoms with Gasteiger partial charge in [0, 0.05) is 75.0 Å². The highest BCUT2D eigenvalue weighted by Crippen LogP contribution is 2.47. The van der Waals surface area contributed by atoms with Crippen molar-refractivity contribution < 1.29 is 28.3 Å². The molecule has 1 aliphatic carbocycles. The average molecular weight is 760 g/mol. The number of rotatable bonds is 7. The minimum atomic E-state index is -0.766. The normalized spacial score (nSPS) is 23.3. The van der Waals surface area contributed by atoms with Gasteiger partial charge in [0.25, 0.3) is 5.91 Å². The Morgan fingerprint density at radius 1 is 0.732 bits per heavy atom. The molecule has 4 aliphatic heterocycles. The highest BCUT2D eigenvalue weighted by molar-refractivity contribution is 6.05. The molecule has 0 aromatic heterocycles. The average Bonchev–Trinajstić information content (AvgIpc) is 3.55. The van der Waals surface area contributed by atoms with Gasteiger partial charge < -0.3 is 19.8 Å². The van der Waals surface area contributed by atoms with Gasteiger partial charge in [0.1, 0.15) is 17.6 Å². The monoisotopic (exact) mass is 759 g/mol. The molecule has 9 nitrogen and oxygen atoms in total. The van der Waals surface area contributed by atoms with Crippen LogP contribution in [0.2, 0.25) is 0 Å². The van der Waals surface area contributed by atoms with Crippen LogP contribution in [0.1, 0.15) is 82.1 Å². The van der Waals surface area contributed by atoms with Crippen LogP contribution in [0.15, 0.2) is 78.9 Å². The predicted octanol–water partition coefficient (Wildman–Crippen LogP) is 6.33. The molecule has 0 saturated carbocycles. The summed E-state index contributed by atoms with van der Waals surface area (Å²) in [6.45, 7) is 6.09. The molecule has 3 fully saturated rings. The molecule has 56 heavy (non-hydrogen) atoms. The molecule has 290 valence electrons. The second-order valence-corrected chi connectivity index (χ2v) is 16.2. The lowest BCUT2D eigenvalue weighted by Gasteiger charge is -2.40. The van der Waals surface area contributed by atoms with Crippen molar-refractivity contribution >= 4 is 29.1 Å². The summed E-state index contributed by atoms with van der Waals surface area (Å²) in [6, 6.07) is 24.2. The molecule has 11 heteroatoms. The van der Waals surface area contributed by atoms with Crippen molar-refractivity contribution in [1.29, 1.82) is 0 Å². The van der Waals surface area contributed by atoms with Crippen LogP contribution in [0.5, 0.6) is 5.75 Å². The number of fused-ring (bicyclic) bond motifs is 2. The van der Waals surface area contributed by atoms with Gasteiger partial charge in [-0.3, -0.25) is 24.6 Å². The van der Waals surface area contributed by atoms with E-state index < -0.39 is 17.8 Å². The number of hydrogen-bond donors (Lipinski definition) is 2. The number of benzene rings is 4. The fourth-order valence-corrected chi connectivity index (χ4v) is 9.93. The maximum Gasteiger partial charge on any atom is 0.255 e. The van der Waals surface area contributed by atoms with Gasteiger partial charge >= 0.3 is 0 Å². The summed E-state index contributed by atoms with van der Waals surface area (Å²) in [6.07, 6.45) is 4.41. The summed E-state index contributed by atoms with van der Waals surface area (Å²) < 4.78 is 29.8. The Bertz CT molecular complexity index is 2140. The summed E-state index contributed by atoms with van der Waals surface area (Å²) in [4.78, 5) is 45.6. The van der Waals surface area contributed by atoms with Gasteiger partial charge in [0.05, 0.1) is 12.2 Å². The van der Waals surface area contributed by atoms with Crippen molar-refractivity contribution in [1.82, 2.24) is 15.1 Å². The summed E-state index contributed by atoms with van der Waals surface area (Å²) in [5.74, 6) is -0.623.